The van der Waals surface area contributed by atoms with Gasteiger partial charge in [-0.15, -0.1) is 0 Å². The van der Waals surface area contributed by atoms with Gasteiger partial charge < -0.3 is 10.1 Å². The molecule has 6 heteroatoms. The topological polar surface area (TPSA) is 64.4 Å². The summed E-state index contributed by atoms with van der Waals surface area (Å²) in [5, 5.41) is 14.7. The normalized spacial score (nSPS) is 10.4. The van der Waals surface area contributed by atoms with E-state index < -0.39 is 4.92 Å². The number of benzene rings is 2. The van der Waals surface area contributed by atoms with Crippen LogP contribution in [0, 0.1) is 10.1 Å². The van der Waals surface area contributed by atoms with Gasteiger partial charge in [-0.2, -0.15) is 0 Å². The van der Waals surface area contributed by atoms with Gasteiger partial charge in [-0.25, -0.2) is 0 Å². The monoisotopic (exact) mass is 306 g/mol. The maximum Gasteiger partial charge on any atom is 0.311 e. The Morgan fingerprint density at radius 1 is 1.29 bits per heavy atom. The van der Waals surface area contributed by atoms with Gasteiger partial charge in [0.2, 0.25) is 0 Å². The molecule has 21 heavy (non-hydrogen) atoms. The molecule has 0 saturated heterocycles. The molecular formula is C15H15ClN2O3. The van der Waals surface area contributed by atoms with Gasteiger partial charge in [0, 0.05) is 23.2 Å². The number of nitro benzene ring substituents is 1. The van der Waals surface area contributed by atoms with Gasteiger partial charge in [-0.3, -0.25) is 10.1 Å². The summed E-state index contributed by atoms with van der Waals surface area (Å²) in [5.41, 5.74) is 1.57. The molecule has 0 radical (unpaired) electrons. The average molecular weight is 307 g/mol. The van der Waals surface area contributed by atoms with Crippen LogP contribution in [0.3, 0.4) is 0 Å². The van der Waals surface area contributed by atoms with Crippen molar-refractivity contribution >= 4 is 17.3 Å². The van der Waals surface area contributed by atoms with Crippen molar-refractivity contribution in [1.29, 1.82) is 0 Å². The molecule has 0 fully saturated rings. The first-order chi connectivity index (χ1) is 10.1. The molecule has 1 N–H and O–H groups in total. The van der Waals surface area contributed by atoms with E-state index in [2.05, 4.69) is 5.32 Å². The first-order valence-corrected chi connectivity index (χ1v) is 6.77. The van der Waals surface area contributed by atoms with Crippen molar-refractivity contribution in [1.82, 2.24) is 5.32 Å². The van der Waals surface area contributed by atoms with Crippen molar-refractivity contribution in [2.45, 2.75) is 13.2 Å². The summed E-state index contributed by atoms with van der Waals surface area (Å²) in [4.78, 5) is 10.7. The Balaban J connectivity index is 2.19. The Labute approximate surface area is 127 Å². The highest BCUT2D eigenvalue weighted by atomic mass is 35.5. The van der Waals surface area contributed by atoms with Crippen molar-refractivity contribution in [3.05, 3.63) is 68.7 Å². The molecule has 0 aliphatic rings. The summed E-state index contributed by atoms with van der Waals surface area (Å²) in [6.07, 6.45) is 0. The molecule has 2 rings (SSSR count). The van der Waals surface area contributed by atoms with Crippen molar-refractivity contribution in [3.63, 3.8) is 0 Å². The van der Waals surface area contributed by atoms with Crippen molar-refractivity contribution in [3.8, 4) is 5.75 Å². The first kappa shape index (κ1) is 15.3. The minimum Gasteiger partial charge on any atom is -0.482 e. The summed E-state index contributed by atoms with van der Waals surface area (Å²) in [6.45, 7) is 0.748. The Kier molecular flexibility index (Phi) is 5.14. The number of nitrogens with one attached hydrogen (secondary N) is 1. The number of nitrogens with zero attached hydrogens (tertiary/aromatic N) is 1. The molecule has 0 aliphatic carbocycles. The van der Waals surface area contributed by atoms with Crippen LogP contribution >= 0.6 is 11.6 Å². The number of ether oxygens (including phenoxy) is 1. The quantitative estimate of drug-likeness (QED) is 0.655. The number of halogens is 1. The Hall–Kier alpha value is -2.11. The minimum atomic E-state index is -0.443. The van der Waals surface area contributed by atoms with Gasteiger partial charge in [-0.05, 0) is 24.7 Å². The number of hydrogen-bond donors (Lipinski definition) is 1. The fraction of sp³-hybridized carbons (Fsp3) is 0.200. The van der Waals surface area contributed by atoms with Gasteiger partial charge in [0.1, 0.15) is 6.61 Å². The zero-order chi connectivity index (χ0) is 15.2. The summed E-state index contributed by atoms with van der Waals surface area (Å²) < 4.78 is 5.55. The minimum absolute atomic E-state index is 0.0465. The second-order valence-electron chi connectivity index (χ2n) is 4.47. The van der Waals surface area contributed by atoms with Crippen LogP contribution in [0.15, 0.2) is 42.5 Å². The number of rotatable bonds is 6. The van der Waals surface area contributed by atoms with Gasteiger partial charge in [0.25, 0.3) is 0 Å². The third-order valence-electron chi connectivity index (χ3n) is 2.94. The van der Waals surface area contributed by atoms with Crippen LogP contribution < -0.4 is 10.1 Å². The summed E-state index contributed by atoms with van der Waals surface area (Å²) in [7, 11) is 1.79. The predicted molar refractivity (Wildman–Crippen MR) is 81.6 cm³/mol. The van der Waals surface area contributed by atoms with E-state index in [1.54, 1.807) is 25.2 Å². The lowest BCUT2D eigenvalue weighted by Crippen LogP contribution is -2.06. The van der Waals surface area contributed by atoms with Crippen molar-refractivity contribution in [2.24, 2.45) is 0 Å². The van der Waals surface area contributed by atoms with E-state index in [1.807, 2.05) is 18.2 Å². The lowest BCUT2D eigenvalue weighted by molar-refractivity contribution is -0.386. The van der Waals surface area contributed by atoms with Crippen LogP contribution in [0.25, 0.3) is 0 Å². The van der Waals surface area contributed by atoms with Crippen molar-refractivity contribution in [2.75, 3.05) is 7.05 Å². The van der Waals surface area contributed by atoms with E-state index in [9.17, 15) is 10.1 Å². The predicted octanol–water partition coefficient (Wildman–Crippen LogP) is 3.55. The van der Waals surface area contributed by atoms with Crippen LogP contribution in [0.4, 0.5) is 5.69 Å². The van der Waals surface area contributed by atoms with Gasteiger partial charge in [0.15, 0.2) is 5.75 Å². The molecule has 2 aromatic carbocycles. The maximum atomic E-state index is 11.1. The SMILES string of the molecule is CNCc1ccc(OCc2ccccc2Cl)c([N+](=O)[O-])c1. The van der Waals surface area contributed by atoms with E-state index in [4.69, 9.17) is 16.3 Å². The molecule has 0 unspecified atom stereocenters. The van der Waals surface area contributed by atoms with Gasteiger partial charge in [0.05, 0.1) is 4.92 Å². The maximum absolute atomic E-state index is 11.1. The van der Waals surface area contributed by atoms with Crippen LogP contribution in [-0.2, 0) is 13.2 Å². The lowest BCUT2D eigenvalue weighted by Gasteiger charge is -2.09. The Morgan fingerprint density at radius 2 is 2.05 bits per heavy atom. The zero-order valence-electron chi connectivity index (χ0n) is 11.5. The molecule has 0 aliphatic heterocycles. The van der Waals surface area contributed by atoms with E-state index in [1.165, 1.54) is 6.07 Å². The molecule has 110 valence electrons. The van der Waals surface area contributed by atoms with Gasteiger partial charge in [-0.1, -0.05) is 35.9 Å². The second-order valence-corrected chi connectivity index (χ2v) is 4.88. The standard InChI is InChI=1S/C15H15ClN2O3/c1-17-9-11-6-7-15(14(8-11)18(19)20)21-10-12-4-2-3-5-13(12)16/h2-8,17H,9-10H2,1H3. The third kappa shape index (κ3) is 3.93. The molecule has 0 aromatic heterocycles. The van der Waals surface area contributed by atoms with Crippen molar-refractivity contribution < 1.29 is 9.66 Å². The molecule has 0 amide bonds. The first-order valence-electron chi connectivity index (χ1n) is 6.40. The molecule has 0 saturated carbocycles. The zero-order valence-corrected chi connectivity index (χ0v) is 12.3. The molecule has 0 bridgehead atoms. The highest BCUT2D eigenvalue weighted by molar-refractivity contribution is 6.31. The average Bonchev–Trinajstić information content (AvgIpc) is 2.47. The smallest absolute Gasteiger partial charge is 0.311 e. The van der Waals surface area contributed by atoms with Crippen LogP contribution in [0.1, 0.15) is 11.1 Å². The van der Waals surface area contributed by atoms with E-state index in [-0.39, 0.29) is 18.0 Å². The summed E-state index contributed by atoms with van der Waals surface area (Å²) in [6, 6.07) is 12.2. The molecule has 2 aromatic rings. The van der Waals surface area contributed by atoms with Crippen LogP contribution in [0.5, 0.6) is 5.75 Å². The molecule has 0 spiro atoms. The van der Waals surface area contributed by atoms with Gasteiger partial charge >= 0.3 is 5.69 Å². The lowest BCUT2D eigenvalue weighted by atomic mass is 10.2. The molecule has 0 heterocycles. The van der Waals surface area contributed by atoms with E-state index in [0.717, 1.165) is 11.1 Å². The molecule has 0 atom stereocenters. The van der Waals surface area contributed by atoms with Crippen LogP contribution in [-0.4, -0.2) is 12.0 Å². The summed E-state index contributed by atoms with van der Waals surface area (Å²) in [5.74, 6) is 0.236. The molecular weight excluding hydrogens is 292 g/mol. The van der Waals surface area contributed by atoms with E-state index >= 15 is 0 Å². The van der Waals surface area contributed by atoms with Crippen LogP contribution in [0.2, 0.25) is 5.02 Å². The van der Waals surface area contributed by atoms with E-state index in [0.29, 0.717) is 11.6 Å². The number of hydrogen-bond acceptors (Lipinski definition) is 4. The highest BCUT2D eigenvalue weighted by Crippen LogP contribution is 2.29. The fourth-order valence-electron chi connectivity index (χ4n) is 1.91. The largest absolute Gasteiger partial charge is 0.482 e. The highest BCUT2D eigenvalue weighted by Gasteiger charge is 2.16. The summed E-state index contributed by atoms with van der Waals surface area (Å²) >= 11 is 6.04. The second kappa shape index (κ2) is 7.06. The fourth-order valence-corrected chi connectivity index (χ4v) is 2.10. The number of nitro groups is 1. The Morgan fingerprint density at radius 3 is 2.71 bits per heavy atom. The Bertz CT molecular complexity index is 647. The third-order valence-corrected chi connectivity index (χ3v) is 3.31. The molecule has 5 nitrogen and oxygen atoms in total.